The van der Waals surface area contributed by atoms with E-state index in [1.54, 1.807) is 6.92 Å². The molecule has 2 heterocycles. The number of rotatable bonds is 2. The van der Waals surface area contributed by atoms with Crippen LogP contribution in [0.5, 0.6) is 0 Å². The van der Waals surface area contributed by atoms with Crippen LogP contribution in [0, 0.1) is 12.8 Å². The van der Waals surface area contributed by atoms with Crippen molar-refractivity contribution in [3.63, 3.8) is 0 Å². The number of aliphatic hydroxyl groups excluding tert-OH is 1. The van der Waals surface area contributed by atoms with Gasteiger partial charge in [0.15, 0.2) is 11.9 Å². The van der Waals surface area contributed by atoms with Crippen molar-refractivity contribution in [2.75, 3.05) is 18.4 Å². The van der Waals surface area contributed by atoms with Gasteiger partial charge in [0.1, 0.15) is 5.76 Å². The topological polar surface area (TPSA) is 78.6 Å². The first-order chi connectivity index (χ1) is 9.77. The number of carbonyl (C=O) groups excluding carboxylic acids is 1. The summed E-state index contributed by atoms with van der Waals surface area (Å²) in [6.45, 7) is 1.98. The number of urea groups is 1. The lowest BCUT2D eigenvalue weighted by molar-refractivity contribution is -0.222. The third-order valence-electron chi connectivity index (χ3n) is 3.47. The molecule has 1 unspecified atom stereocenters. The van der Waals surface area contributed by atoms with Gasteiger partial charge in [-0.15, -0.1) is 0 Å². The highest BCUT2D eigenvalue weighted by Crippen LogP contribution is 2.31. The third-order valence-corrected chi connectivity index (χ3v) is 3.47. The summed E-state index contributed by atoms with van der Waals surface area (Å²) in [6, 6.07) is 1.10. The number of carbonyl (C=O) groups is 1. The number of nitrogens with one attached hydrogen (secondary N) is 1. The summed E-state index contributed by atoms with van der Waals surface area (Å²) in [7, 11) is 0. The molecule has 2 rings (SSSR count). The van der Waals surface area contributed by atoms with Crippen molar-refractivity contribution in [3.8, 4) is 0 Å². The van der Waals surface area contributed by atoms with Gasteiger partial charge in [0.05, 0.1) is 0 Å². The molecule has 118 valence electrons. The maximum atomic E-state index is 12.4. The van der Waals surface area contributed by atoms with E-state index in [0.717, 1.165) is 0 Å². The summed E-state index contributed by atoms with van der Waals surface area (Å²) in [6.07, 6.45) is -6.74. The van der Waals surface area contributed by atoms with E-state index in [2.05, 4.69) is 10.5 Å². The summed E-state index contributed by atoms with van der Waals surface area (Å²) >= 11 is 0. The van der Waals surface area contributed by atoms with Gasteiger partial charge in [-0.3, -0.25) is 5.32 Å². The number of nitrogens with zero attached hydrogens (tertiary/aromatic N) is 2. The minimum atomic E-state index is -4.62. The van der Waals surface area contributed by atoms with Crippen LogP contribution in [0.25, 0.3) is 0 Å². The van der Waals surface area contributed by atoms with Crippen LogP contribution in [0.1, 0.15) is 18.6 Å². The fraction of sp³-hybridized carbons (Fsp3) is 0.667. The molecule has 0 spiro atoms. The lowest BCUT2D eigenvalue weighted by Crippen LogP contribution is -2.46. The number of aliphatic hydroxyl groups is 1. The molecule has 0 bridgehead atoms. The second kappa shape index (κ2) is 5.92. The van der Waals surface area contributed by atoms with Crippen molar-refractivity contribution in [1.29, 1.82) is 0 Å². The number of hydrogen-bond donors (Lipinski definition) is 2. The van der Waals surface area contributed by atoms with E-state index in [-0.39, 0.29) is 31.7 Å². The number of alkyl halides is 3. The van der Waals surface area contributed by atoms with Gasteiger partial charge < -0.3 is 14.5 Å². The Morgan fingerprint density at radius 1 is 1.52 bits per heavy atom. The Labute approximate surface area is 118 Å². The molecule has 1 aliphatic heterocycles. The number of likely N-dealkylation sites (tertiary alicyclic amines) is 1. The van der Waals surface area contributed by atoms with Crippen molar-refractivity contribution in [2.45, 2.75) is 32.0 Å². The van der Waals surface area contributed by atoms with Crippen molar-refractivity contribution >= 4 is 11.8 Å². The number of amides is 2. The molecule has 6 nitrogen and oxygen atoms in total. The first kappa shape index (κ1) is 15.6. The Kier molecular flexibility index (Phi) is 4.40. The Bertz CT molecular complexity index is 495. The van der Waals surface area contributed by atoms with Gasteiger partial charge in [0.25, 0.3) is 0 Å². The first-order valence-corrected chi connectivity index (χ1v) is 6.51. The normalized spacial score (nSPS) is 18.6. The highest BCUT2D eigenvalue weighted by atomic mass is 19.4. The second-order valence-corrected chi connectivity index (χ2v) is 5.06. The molecule has 0 saturated carbocycles. The standard InChI is InChI=1S/C12H16F3N3O3/c1-7-6-9(17-21-7)16-11(20)18-4-2-8(3-5-18)10(19)12(13,14)15/h6,8,10,19H,2-5H2,1H3,(H,16,17,20). The van der Waals surface area contributed by atoms with Gasteiger partial charge >= 0.3 is 12.2 Å². The van der Waals surface area contributed by atoms with Crippen molar-refractivity contribution in [2.24, 2.45) is 5.92 Å². The van der Waals surface area contributed by atoms with E-state index in [1.165, 1.54) is 11.0 Å². The number of halogens is 3. The van der Waals surface area contributed by atoms with Crippen LogP contribution in [0.4, 0.5) is 23.8 Å². The molecule has 0 aliphatic carbocycles. The van der Waals surface area contributed by atoms with Gasteiger partial charge in [0.2, 0.25) is 0 Å². The smallest absolute Gasteiger partial charge is 0.383 e. The number of aryl methyl sites for hydroxylation is 1. The SMILES string of the molecule is Cc1cc(NC(=O)N2CCC(C(O)C(F)(F)F)CC2)no1. The molecule has 9 heteroatoms. The van der Waals surface area contributed by atoms with Crippen LogP contribution in [-0.2, 0) is 0 Å². The molecular weight excluding hydrogens is 291 g/mol. The third kappa shape index (κ3) is 3.87. The van der Waals surface area contributed by atoms with E-state index < -0.39 is 24.2 Å². The Hall–Kier alpha value is -1.77. The van der Waals surface area contributed by atoms with Crippen LogP contribution >= 0.6 is 0 Å². The van der Waals surface area contributed by atoms with E-state index >= 15 is 0 Å². The Morgan fingerprint density at radius 3 is 2.62 bits per heavy atom. The predicted octanol–water partition coefficient (Wildman–Crippen LogP) is 2.15. The summed E-state index contributed by atoms with van der Waals surface area (Å²) in [5, 5.41) is 15.3. The summed E-state index contributed by atoms with van der Waals surface area (Å²) in [5.41, 5.74) is 0. The molecule has 1 aromatic heterocycles. The van der Waals surface area contributed by atoms with Crippen LogP contribution in [0.2, 0.25) is 0 Å². The summed E-state index contributed by atoms with van der Waals surface area (Å²) in [4.78, 5) is 13.3. The largest absolute Gasteiger partial charge is 0.414 e. The fourth-order valence-electron chi connectivity index (χ4n) is 2.30. The molecule has 0 aromatic carbocycles. The number of anilines is 1. The van der Waals surface area contributed by atoms with Crippen molar-refractivity contribution in [3.05, 3.63) is 11.8 Å². The highest BCUT2D eigenvalue weighted by molar-refractivity contribution is 5.88. The minimum Gasteiger partial charge on any atom is -0.383 e. The van der Waals surface area contributed by atoms with E-state index in [1.807, 2.05) is 0 Å². The minimum absolute atomic E-state index is 0.103. The van der Waals surface area contributed by atoms with Crippen LogP contribution in [0.15, 0.2) is 10.6 Å². The predicted molar refractivity (Wildman–Crippen MR) is 66.6 cm³/mol. The van der Waals surface area contributed by atoms with Crippen molar-refractivity contribution < 1.29 is 27.6 Å². The zero-order valence-electron chi connectivity index (χ0n) is 11.4. The van der Waals surface area contributed by atoms with E-state index in [9.17, 15) is 23.1 Å². The maximum absolute atomic E-state index is 12.4. The molecule has 1 aromatic rings. The van der Waals surface area contributed by atoms with Crippen LogP contribution in [0.3, 0.4) is 0 Å². The maximum Gasteiger partial charge on any atom is 0.414 e. The summed E-state index contributed by atoms with van der Waals surface area (Å²) < 4.78 is 42.1. The van der Waals surface area contributed by atoms with Crippen molar-refractivity contribution in [1.82, 2.24) is 10.1 Å². The second-order valence-electron chi connectivity index (χ2n) is 5.06. The van der Waals surface area contributed by atoms with Gasteiger partial charge in [-0.25, -0.2) is 4.79 Å². The van der Waals surface area contributed by atoms with Crippen LogP contribution < -0.4 is 5.32 Å². The van der Waals surface area contributed by atoms with Crippen LogP contribution in [-0.4, -0.2) is 46.6 Å². The Morgan fingerprint density at radius 2 is 2.14 bits per heavy atom. The van der Waals surface area contributed by atoms with Gasteiger partial charge in [-0.2, -0.15) is 13.2 Å². The van der Waals surface area contributed by atoms with Gasteiger partial charge in [-0.1, -0.05) is 5.16 Å². The Balaban J connectivity index is 1.85. The zero-order chi connectivity index (χ0) is 15.6. The molecule has 0 radical (unpaired) electrons. The highest BCUT2D eigenvalue weighted by Gasteiger charge is 2.44. The molecule has 2 amide bonds. The molecule has 1 saturated heterocycles. The van der Waals surface area contributed by atoms with Gasteiger partial charge in [0, 0.05) is 19.2 Å². The monoisotopic (exact) mass is 307 g/mol. The average Bonchev–Trinajstić information content (AvgIpc) is 2.82. The molecular formula is C12H16F3N3O3. The van der Waals surface area contributed by atoms with E-state index in [0.29, 0.717) is 5.76 Å². The fourth-order valence-corrected chi connectivity index (χ4v) is 2.30. The molecule has 21 heavy (non-hydrogen) atoms. The lowest BCUT2D eigenvalue weighted by atomic mass is 9.91. The molecule has 1 fully saturated rings. The number of hydrogen-bond acceptors (Lipinski definition) is 4. The zero-order valence-corrected chi connectivity index (χ0v) is 11.4. The van der Waals surface area contributed by atoms with E-state index in [4.69, 9.17) is 4.52 Å². The molecule has 1 aliphatic rings. The summed E-state index contributed by atoms with van der Waals surface area (Å²) in [5.74, 6) is -0.0735. The number of piperidine rings is 1. The lowest BCUT2D eigenvalue weighted by Gasteiger charge is -2.34. The first-order valence-electron chi connectivity index (χ1n) is 6.51. The molecule has 2 N–H and O–H groups in total. The molecule has 1 atom stereocenters. The van der Waals surface area contributed by atoms with Gasteiger partial charge in [-0.05, 0) is 25.7 Å². The average molecular weight is 307 g/mol. The number of aromatic nitrogens is 1. The quantitative estimate of drug-likeness (QED) is 0.877.